The molecule has 2 atom stereocenters. The Morgan fingerprint density at radius 2 is 1.88 bits per heavy atom. The van der Waals surface area contributed by atoms with Crippen molar-refractivity contribution in [3.05, 3.63) is 29.8 Å². The average molecular weight is 238 g/mol. The molecule has 0 aliphatic heterocycles. The van der Waals surface area contributed by atoms with Crippen molar-refractivity contribution in [2.75, 3.05) is 6.61 Å². The first-order valence-electron chi connectivity index (χ1n) is 5.73. The topological polar surface area (TPSA) is 66.8 Å². The number of ether oxygens (including phenoxy) is 1. The van der Waals surface area contributed by atoms with E-state index in [0.717, 1.165) is 5.56 Å². The Kier molecular flexibility index (Phi) is 4.97. The van der Waals surface area contributed by atoms with Crippen LogP contribution in [0, 0.1) is 0 Å². The molecule has 0 fully saturated rings. The van der Waals surface area contributed by atoms with E-state index in [2.05, 4.69) is 0 Å². The minimum absolute atomic E-state index is 0.173. The highest BCUT2D eigenvalue weighted by Gasteiger charge is 2.28. The predicted octanol–water partition coefficient (Wildman–Crippen LogP) is 2.38. The van der Waals surface area contributed by atoms with Crippen molar-refractivity contribution in [1.29, 1.82) is 0 Å². The highest BCUT2D eigenvalue weighted by Crippen LogP contribution is 2.27. The van der Waals surface area contributed by atoms with Crippen LogP contribution < -0.4 is 0 Å². The Balaban J connectivity index is 2.95. The van der Waals surface area contributed by atoms with E-state index in [-0.39, 0.29) is 11.7 Å². The fourth-order valence-corrected chi connectivity index (χ4v) is 1.89. The van der Waals surface area contributed by atoms with Gasteiger partial charge in [-0.1, -0.05) is 19.1 Å². The van der Waals surface area contributed by atoms with Crippen LogP contribution in [0.3, 0.4) is 0 Å². The van der Waals surface area contributed by atoms with Crippen LogP contribution >= 0.6 is 0 Å². The van der Waals surface area contributed by atoms with Gasteiger partial charge in [-0.15, -0.1) is 0 Å². The zero-order valence-corrected chi connectivity index (χ0v) is 10.1. The lowest BCUT2D eigenvalue weighted by Gasteiger charge is -2.23. The molecule has 0 saturated heterocycles. The van der Waals surface area contributed by atoms with Crippen molar-refractivity contribution < 1.29 is 19.7 Å². The first kappa shape index (κ1) is 13.5. The summed E-state index contributed by atoms with van der Waals surface area (Å²) in [5.41, 5.74) is 0.867. The quantitative estimate of drug-likeness (QED) is 0.798. The molecular weight excluding hydrogens is 220 g/mol. The zero-order chi connectivity index (χ0) is 12.8. The van der Waals surface area contributed by atoms with Gasteiger partial charge in [-0.3, -0.25) is 0 Å². The molecule has 1 aromatic rings. The van der Waals surface area contributed by atoms with E-state index in [4.69, 9.17) is 9.84 Å². The Morgan fingerprint density at radius 1 is 1.29 bits per heavy atom. The Bertz CT molecular complexity index is 358. The Morgan fingerprint density at radius 3 is 2.29 bits per heavy atom. The van der Waals surface area contributed by atoms with Crippen molar-refractivity contribution in [3.8, 4) is 5.75 Å². The monoisotopic (exact) mass is 238 g/mol. The van der Waals surface area contributed by atoms with E-state index in [0.29, 0.717) is 13.0 Å². The van der Waals surface area contributed by atoms with Crippen LogP contribution in [-0.2, 0) is 9.53 Å². The molecule has 94 valence electrons. The highest BCUT2D eigenvalue weighted by atomic mass is 16.5. The average Bonchev–Trinajstić information content (AvgIpc) is 2.31. The summed E-state index contributed by atoms with van der Waals surface area (Å²) in [6.07, 6.45) is -0.170. The molecule has 4 heteroatoms. The summed E-state index contributed by atoms with van der Waals surface area (Å²) >= 11 is 0. The second kappa shape index (κ2) is 6.25. The molecule has 17 heavy (non-hydrogen) atoms. The number of rotatable bonds is 6. The number of benzene rings is 1. The molecule has 1 aromatic carbocycles. The molecule has 0 aliphatic carbocycles. The fraction of sp³-hybridized carbons (Fsp3) is 0.462. The SMILES string of the molecule is CCOC(C(=O)O)C(CC)c1ccc(O)cc1. The molecule has 1 rings (SSSR count). The van der Waals surface area contributed by atoms with Crippen LogP contribution in [0.15, 0.2) is 24.3 Å². The Labute approximate surface area is 101 Å². The van der Waals surface area contributed by atoms with Gasteiger partial charge in [0.1, 0.15) is 5.75 Å². The maximum Gasteiger partial charge on any atom is 0.333 e. The number of carboxylic acid groups (broad SMARTS) is 1. The second-order valence-electron chi connectivity index (χ2n) is 3.82. The minimum Gasteiger partial charge on any atom is -0.508 e. The Hall–Kier alpha value is -1.55. The normalized spacial score (nSPS) is 14.2. The van der Waals surface area contributed by atoms with E-state index in [1.807, 2.05) is 6.92 Å². The fourth-order valence-electron chi connectivity index (χ4n) is 1.89. The molecule has 4 nitrogen and oxygen atoms in total. The van der Waals surface area contributed by atoms with Gasteiger partial charge in [0, 0.05) is 12.5 Å². The third-order valence-electron chi connectivity index (χ3n) is 2.72. The maximum absolute atomic E-state index is 11.2. The molecule has 0 aromatic heterocycles. The molecule has 2 N–H and O–H groups in total. The van der Waals surface area contributed by atoms with E-state index in [1.54, 1.807) is 31.2 Å². The van der Waals surface area contributed by atoms with Crippen molar-refractivity contribution >= 4 is 5.97 Å². The van der Waals surface area contributed by atoms with Gasteiger partial charge in [-0.2, -0.15) is 0 Å². The maximum atomic E-state index is 11.2. The van der Waals surface area contributed by atoms with Gasteiger partial charge in [0.25, 0.3) is 0 Å². The van der Waals surface area contributed by atoms with Gasteiger partial charge in [-0.05, 0) is 31.0 Å². The molecular formula is C13H18O4. The molecule has 0 heterocycles. The molecule has 0 aliphatic rings. The summed E-state index contributed by atoms with van der Waals surface area (Å²) in [6, 6.07) is 6.59. The van der Waals surface area contributed by atoms with Crippen LogP contribution in [0.25, 0.3) is 0 Å². The predicted molar refractivity (Wildman–Crippen MR) is 64.2 cm³/mol. The standard InChI is InChI=1S/C13H18O4/c1-3-11(12(13(15)16)17-4-2)9-5-7-10(14)8-6-9/h5-8,11-12,14H,3-4H2,1-2H3,(H,15,16). The molecule has 0 amide bonds. The van der Waals surface area contributed by atoms with E-state index in [9.17, 15) is 9.90 Å². The van der Waals surface area contributed by atoms with E-state index in [1.165, 1.54) is 0 Å². The van der Waals surface area contributed by atoms with Crippen LogP contribution in [-0.4, -0.2) is 28.9 Å². The summed E-state index contributed by atoms with van der Waals surface area (Å²) in [5, 5.41) is 18.4. The number of phenolic OH excluding ortho intramolecular Hbond substituents is 1. The van der Waals surface area contributed by atoms with Gasteiger partial charge < -0.3 is 14.9 Å². The summed E-state index contributed by atoms with van der Waals surface area (Å²) < 4.78 is 5.28. The lowest BCUT2D eigenvalue weighted by atomic mass is 9.91. The van der Waals surface area contributed by atoms with Gasteiger partial charge in [0.15, 0.2) is 6.10 Å². The second-order valence-corrected chi connectivity index (χ2v) is 3.82. The minimum atomic E-state index is -0.952. The third kappa shape index (κ3) is 3.46. The van der Waals surface area contributed by atoms with Crippen LogP contribution in [0.4, 0.5) is 0 Å². The summed E-state index contributed by atoms with van der Waals surface area (Å²) in [4.78, 5) is 11.2. The van der Waals surface area contributed by atoms with Crippen molar-refractivity contribution in [1.82, 2.24) is 0 Å². The first-order chi connectivity index (χ1) is 8.10. The number of aliphatic carboxylic acids is 1. The lowest BCUT2D eigenvalue weighted by molar-refractivity contribution is -0.151. The number of hydrogen-bond donors (Lipinski definition) is 2. The van der Waals surface area contributed by atoms with Gasteiger partial charge >= 0.3 is 5.97 Å². The first-order valence-corrected chi connectivity index (χ1v) is 5.73. The molecule has 0 bridgehead atoms. The number of carbonyl (C=O) groups is 1. The van der Waals surface area contributed by atoms with Crippen molar-refractivity contribution in [2.45, 2.75) is 32.3 Å². The highest BCUT2D eigenvalue weighted by molar-refractivity contribution is 5.73. The molecule has 0 spiro atoms. The van der Waals surface area contributed by atoms with Crippen LogP contribution in [0.2, 0.25) is 0 Å². The van der Waals surface area contributed by atoms with Gasteiger partial charge in [0.05, 0.1) is 0 Å². The number of aromatic hydroxyl groups is 1. The van der Waals surface area contributed by atoms with Gasteiger partial charge in [0.2, 0.25) is 0 Å². The summed E-state index contributed by atoms with van der Waals surface area (Å²) in [7, 11) is 0. The largest absolute Gasteiger partial charge is 0.508 e. The molecule has 0 saturated carbocycles. The van der Waals surface area contributed by atoms with Crippen molar-refractivity contribution in [2.24, 2.45) is 0 Å². The summed E-state index contributed by atoms with van der Waals surface area (Å²) in [5.74, 6) is -0.980. The third-order valence-corrected chi connectivity index (χ3v) is 2.72. The van der Waals surface area contributed by atoms with Gasteiger partial charge in [-0.25, -0.2) is 4.79 Å². The number of phenols is 1. The van der Waals surface area contributed by atoms with Crippen LogP contribution in [0.1, 0.15) is 31.7 Å². The summed E-state index contributed by atoms with van der Waals surface area (Å²) in [6.45, 7) is 4.07. The number of hydrogen-bond acceptors (Lipinski definition) is 3. The smallest absolute Gasteiger partial charge is 0.333 e. The van der Waals surface area contributed by atoms with E-state index < -0.39 is 12.1 Å². The lowest BCUT2D eigenvalue weighted by Crippen LogP contribution is -2.30. The molecule has 0 radical (unpaired) electrons. The zero-order valence-electron chi connectivity index (χ0n) is 10.1. The van der Waals surface area contributed by atoms with E-state index >= 15 is 0 Å². The number of carboxylic acids is 1. The van der Waals surface area contributed by atoms with Crippen molar-refractivity contribution in [3.63, 3.8) is 0 Å². The van der Waals surface area contributed by atoms with Crippen LogP contribution in [0.5, 0.6) is 5.75 Å². The molecule has 2 unspecified atom stereocenters.